The molecule has 1 aromatic carbocycles. The molecule has 0 unspecified atom stereocenters. The fourth-order valence-electron chi connectivity index (χ4n) is 2.37. The van der Waals surface area contributed by atoms with Crippen molar-refractivity contribution >= 4 is 6.09 Å². The van der Waals surface area contributed by atoms with Crippen molar-refractivity contribution in [2.45, 2.75) is 45.8 Å². The summed E-state index contributed by atoms with van der Waals surface area (Å²) in [4.78, 5) is 13.8. The number of rotatable bonds is 0. The quantitative estimate of drug-likeness (QED) is 0.716. The largest absolute Gasteiger partial charge is 0.444 e. The highest BCUT2D eigenvalue weighted by atomic mass is 19.1. The van der Waals surface area contributed by atoms with E-state index in [4.69, 9.17) is 4.74 Å². The van der Waals surface area contributed by atoms with E-state index >= 15 is 0 Å². The number of halogens is 1. The number of ether oxygens (including phenoxy) is 1. The lowest BCUT2D eigenvalue weighted by molar-refractivity contribution is 0.0159. The second kappa shape index (κ2) is 4.83. The van der Waals surface area contributed by atoms with Crippen LogP contribution in [0.25, 0.3) is 0 Å². The van der Waals surface area contributed by atoms with Gasteiger partial charge in [0.05, 0.1) is 6.04 Å². The van der Waals surface area contributed by atoms with Gasteiger partial charge in [-0.05, 0) is 57.4 Å². The molecule has 1 aromatic rings. The van der Waals surface area contributed by atoms with Gasteiger partial charge in [-0.3, -0.25) is 0 Å². The third-order valence-electron chi connectivity index (χ3n) is 3.27. The normalized spacial score (nSPS) is 19.0. The number of fused-ring (bicyclic) bond motifs is 1. The molecule has 0 fully saturated rings. The molecule has 0 radical (unpaired) electrons. The summed E-state index contributed by atoms with van der Waals surface area (Å²) in [6.07, 6.45) is 0.353. The predicted molar refractivity (Wildman–Crippen MR) is 71.5 cm³/mol. The van der Waals surface area contributed by atoms with Gasteiger partial charge in [-0.2, -0.15) is 0 Å². The van der Waals surface area contributed by atoms with Crippen LogP contribution in [-0.4, -0.2) is 23.1 Å². The smallest absolute Gasteiger partial charge is 0.410 e. The van der Waals surface area contributed by atoms with Gasteiger partial charge in [0.25, 0.3) is 0 Å². The zero-order chi connectivity index (χ0) is 14.2. The van der Waals surface area contributed by atoms with Gasteiger partial charge in [0, 0.05) is 6.54 Å². The first-order chi connectivity index (χ1) is 8.78. The Hall–Kier alpha value is -1.58. The van der Waals surface area contributed by atoms with Gasteiger partial charge in [0.2, 0.25) is 0 Å². The van der Waals surface area contributed by atoms with Gasteiger partial charge < -0.3 is 9.64 Å². The average molecular weight is 265 g/mol. The molecule has 19 heavy (non-hydrogen) atoms. The van der Waals surface area contributed by atoms with Crippen LogP contribution in [-0.2, 0) is 11.2 Å². The predicted octanol–water partition coefficient (Wildman–Crippen LogP) is 3.68. The highest BCUT2D eigenvalue weighted by molar-refractivity contribution is 5.69. The van der Waals surface area contributed by atoms with Crippen molar-refractivity contribution in [3.8, 4) is 0 Å². The molecule has 0 saturated heterocycles. The Bertz CT molecular complexity index is 493. The summed E-state index contributed by atoms with van der Waals surface area (Å²) >= 11 is 0. The van der Waals surface area contributed by atoms with E-state index in [1.54, 1.807) is 17.0 Å². The van der Waals surface area contributed by atoms with Crippen molar-refractivity contribution in [3.05, 3.63) is 35.1 Å². The maximum Gasteiger partial charge on any atom is 0.410 e. The molecule has 0 aromatic heterocycles. The van der Waals surface area contributed by atoms with Crippen molar-refractivity contribution in [2.75, 3.05) is 6.54 Å². The zero-order valence-electron chi connectivity index (χ0n) is 11.9. The Kier molecular flexibility index (Phi) is 3.52. The maximum absolute atomic E-state index is 13.2. The summed E-state index contributed by atoms with van der Waals surface area (Å²) in [6, 6.07) is 4.66. The lowest BCUT2D eigenvalue weighted by Crippen LogP contribution is -2.42. The maximum atomic E-state index is 13.2. The van der Waals surface area contributed by atoms with Crippen LogP contribution in [0.1, 0.15) is 44.9 Å². The minimum atomic E-state index is -0.500. The van der Waals surface area contributed by atoms with E-state index in [0.717, 1.165) is 11.1 Å². The molecule has 0 bridgehead atoms. The Labute approximate surface area is 113 Å². The molecule has 4 heteroatoms. The van der Waals surface area contributed by atoms with Crippen molar-refractivity contribution in [1.82, 2.24) is 4.90 Å². The molecule has 1 amide bonds. The van der Waals surface area contributed by atoms with Crippen molar-refractivity contribution in [1.29, 1.82) is 0 Å². The van der Waals surface area contributed by atoms with E-state index in [1.165, 1.54) is 6.07 Å². The summed E-state index contributed by atoms with van der Waals surface area (Å²) in [5, 5.41) is 0. The van der Waals surface area contributed by atoms with E-state index in [2.05, 4.69) is 0 Å². The first-order valence-electron chi connectivity index (χ1n) is 6.56. The number of benzene rings is 1. The molecule has 0 aliphatic carbocycles. The van der Waals surface area contributed by atoms with Gasteiger partial charge in [-0.15, -0.1) is 0 Å². The average Bonchev–Trinajstić information content (AvgIpc) is 2.26. The Morgan fingerprint density at radius 3 is 2.74 bits per heavy atom. The molecule has 3 nitrogen and oxygen atoms in total. The van der Waals surface area contributed by atoms with Crippen LogP contribution in [0.2, 0.25) is 0 Å². The fourth-order valence-corrected chi connectivity index (χ4v) is 2.37. The summed E-state index contributed by atoms with van der Waals surface area (Å²) in [5.74, 6) is -0.225. The molecule has 0 saturated carbocycles. The molecule has 1 atom stereocenters. The minimum absolute atomic E-state index is 0.0841. The van der Waals surface area contributed by atoms with Crippen LogP contribution in [0.4, 0.5) is 9.18 Å². The number of hydrogen-bond acceptors (Lipinski definition) is 2. The summed E-state index contributed by atoms with van der Waals surface area (Å²) < 4.78 is 18.6. The summed E-state index contributed by atoms with van der Waals surface area (Å²) in [5.41, 5.74) is 1.48. The third-order valence-corrected chi connectivity index (χ3v) is 3.27. The lowest BCUT2D eigenvalue weighted by atomic mass is 9.94. The SMILES string of the molecule is C[C@H]1c2ccc(F)cc2CCN1C(=O)OC(C)(C)C. The number of amides is 1. The summed E-state index contributed by atoms with van der Waals surface area (Å²) in [7, 11) is 0. The first-order valence-corrected chi connectivity index (χ1v) is 6.56. The highest BCUT2D eigenvalue weighted by Crippen LogP contribution is 2.30. The Morgan fingerprint density at radius 2 is 2.11 bits per heavy atom. The van der Waals surface area contributed by atoms with Gasteiger partial charge in [-0.25, -0.2) is 9.18 Å². The van der Waals surface area contributed by atoms with E-state index in [1.807, 2.05) is 27.7 Å². The fraction of sp³-hybridized carbons (Fsp3) is 0.533. The van der Waals surface area contributed by atoms with E-state index in [-0.39, 0.29) is 18.0 Å². The van der Waals surface area contributed by atoms with Gasteiger partial charge >= 0.3 is 6.09 Å². The number of hydrogen-bond donors (Lipinski definition) is 0. The molecule has 1 heterocycles. The van der Waals surface area contributed by atoms with Crippen molar-refractivity contribution < 1.29 is 13.9 Å². The highest BCUT2D eigenvalue weighted by Gasteiger charge is 2.30. The molecule has 1 aliphatic rings. The van der Waals surface area contributed by atoms with Crippen LogP contribution in [0, 0.1) is 5.82 Å². The molecule has 1 aliphatic heterocycles. The van der Waals surface area contributed by atoms with E-state index < -0.39 is 5.60 Å². The van der Waals surface area contributed by atoms with Gasteiger partial charge in [0.1, 0.15) is 11.4 Å². The van der Waals surface area contributed by atoms with Crippen LogP contribution in [0.5, 0.6) is 0 Å². The Morgan fingerprint density at radius 1 is 1.42 bits per heavy atom. The molecule has 104 valence electrons. The van der Waals surface area contributed by atoms with Gasteiger partial charge in [-0.1, -0.05) is 6.07 Å². The summed E-state index contributed by atoms with van der Waals surface area (Å²) in [6.45, 7) is 8.06. The van der Waals surface area contributed by atoms with Crippen molar-refractivity contribution in [2.24, 2.45) is 0 Å². The van der Waals surface area contributed by atoms with Crippen LogP contribution < -0.4 is 0 Å². The topological polar surface area (TPSA) is 29.5 Å². The molecule has 0 N–H and O–H groups in total. The first kappa shape index (κ1) is 13.8. The number of carbonyl (C=O) groups excluding carboxylic acids is 1. The molecular formula is C15H20FNO2. The third kappa shape index (κ3) is 3.06. The molecule has 0 spiro atoms. The van der Waals surface area contributed by atoms with E-state index in [9.17, 15) is 9.18 Å². The number of carbonyl (C=O) groups is 1. The molecule has 2 rings (SSSR count). The van der Waals surface area contributed by atoms with Crippen molar-refractivity contribution in [3.63, 3.8) is 0 Å². The monoisotopic (exact) mass is 265 g/mol. The number of nitrogens with zero attached hydrogens (tertiary/aromatic N) is 1. The zero-order valence-corrected chi connectivity index (χ0v) is 11.9. The standard InChI is InChI=1S/C15H20FNO2/c1-10-13-6-5-12(16)9-11(13)7-8-17(10)14(18)19-15(2,3)4/h5-6,9-10H,7-8H2,1-4H3/t10-/m0/s1. The van der Waals surface area contributed by atoms with Crippen LogP contribution in [0.15, 0.2) is 18.2 Å². The minimum Gasteiger partial charge on any atom is -0.444 e. The lowest BCUT2D eigenvalue weighted by Gasteiger charge is -2.36. The Balaban J connectivity index is 2.19. The van der Waals surface area contributed by atoms with Crippen LogP contribution in [0.3, 0.4) is 0 Å². The van der Waals surface area contributed by atoms with Gasteiger partial charge in [0.15, 0.2) is 0 Å². The van der Waals surface area contributed by atoms with Crippen LogP contribution >= 0.6 is 0 Å². The molecular weight excluding hydrogens is 245 g/mol. The second-order valence-electron chi connectivity index (χ2n) is 5.94. The van der Waals surface area contributed by atoms with E-state index in [0.29, 0.717) is 13.0 Å². The second-order valence-corrected chi connectivity index (χ2v) is 5.94.